The number of benzene rings is 1. The standard InChI is InChI=1S/C23H33N5O.HI/c1-4-24-23(26-16-19(3)20-8-5-7-18(2)15-20)27-17-21-9-6-10-25-22(21)28-11-13-29-14-12-28;/h5-10,15,19H,4,11-14,16-17H2,1-3H3,(H2,24,26,27);1H. The molecule has 3 rings (SSSR count). The van der Waals surface area contributed by atoms with Gasteiger partial charge in [-0.25, -0.2) is 9.98 Å². The van der Waals surface area contributed by atoms with E-state index in [0.717, 1.165) is 56.7 Å². The smallest absolute Gasteiger partial charge is 0.191 e. The van der Waals surface area contributed by atoms with Crippen LogP contribution in [0.4, 0.5) is 5.82 Å². The number of ether oxygens (including phenoxy) is 1. The highest BCUT2D eigenvalue weighted by molar-refractivity contribution is 14.0. The summed E-state index contributed by atoms with van der Waals surface area (Å²) in [7, 11) is 0. The minimum absolute atomic E-state index is 0. The second-order valence-corrected chi connectivity index (χ2v) is 7.48. The van der Waals surface area contributed by atoms with Crippen LogP contribution in [0.2, 0.25) is 0 Å². The third-order valence-corrected chi connectivity index (χ3v) is 5.12. The van der Waals surface area contributed by atoms with E-state index in [1.54, 1.807) is 0 Å². The summed E-state index contributed by atoms with van der Waals surface area (Å²) in [5.41, 5.74) is 3.77. The van der Waals surface area contributed by atoms with Gasteiger partial charge in [0, 0.05) is 37.9 Å². The molecule has 2 heterocycles. The zero-order valence-electron chi connectivity index (χ0n) is 18.2. The van der Waals surface area contributed by atoms with E-state index in [-0.39, 0.29) is 24.0 Å². The van der Waals surface area contributed by atoms with E-state index < -0.39 is 0 Å². The molecule has 1 fully saturated rings. The Balaban J connectivity index is 0.00000320. The molecular formula is C23H34IN5O. The fourth-order valence-electron chi connectivity index (χ4n) is 3.46. The highest BCUT2D eigenvalue weighted by Crippen LogP contribution is 2.19. The van der Waals surface area contributed by atoms with Crippen LogP contribution in [-0.2, 0) is 11.3 Å². The predicted molar refractivity (Wildman–Crippen MR) is 135 cm³/mol. The Morgan fingerprint density at radius 2 is 2.00 bits per heavy atom. The maximum Gasteiger partial charge on any atom is 0.191 e. The number of aliphatic imine (C=N–C) groups is 1. The number of nitrogens with zero attached hydrogens (tertiary/aromatic N) is 3. The number of anilines is 1. The number of guanidine groups is 1. The normalized spacial score (nSPS) is 15.3. The molecule has 2 N–H and O–H groups in total. The summed E-state index contributed by atoms with van der Waals surface area (Å²) in [5, 5.41) is 6.85. The molecule has 164 valence electrons. The van der Waals surface area contributed by atoms with Gasteiger partial charge in [0.2, 0.25) is 0 Å². The van der Waals surface area contributed by atoms with Crippen LogP contribution >= 0.6 is 24.0 Å². The lowest BCUT2D eigenvalue weighted by Crippen LogP contribution is -2.39. The van der Waals surface area contributed by atoms with Crippen molar-refractivity contribution in [3.05, 3.63) is 59.3 Å². The van der Waals surface area contributed by atoms with Crippen LogP contribution in [0, 0.1) is 6.92 Å². The van der Waals surface area contributed by atoms with Gasteiger partial charge in [0.05, 0.1) is 19.8 Å². The molecule has 1 unspecified atom stereocenters. The van der Waals surface area contributed by atoms with E-state index in [4.69, 9.17) is 9.73 Å². The number of pyridine rings is 1. The highest BCUT2D eigenvalue weighted by Gasteiger charge is 2.15. The Labute approximate surface area is 197 Å². The summed E-state index contributed by atoms with van der Waals surface area (Å²) in [6.45, 7) is 12.0. The SMILES string of the molecule is CCNC(=NCc1cccnc1N1CCOCC1)NCC(C)c1cccc(C)c1.I. The fourth-order valence-corrected chi connectivity index (χ4v) is 3.46. The lowest BCUT2D eigenvalue weighted by atomic mass is 9.99. The first kappa shape index (κ1) is 24.4. The van der Waals surface area contributed by atoms with Gasteiger partial charge in [-0.05, 0) is 31.4 Å². The maximum absolute atomic E-state index is 5.47. The summed E-state index contributed by atoms with van der Waals surface area (Å²) < 4.78 is 5.47. The van der Waals surface area contributed by atoms with Gasteiger partial charge in [0.1, 0.15) is 5.82 Å². The number of morpholine rings is 1. The summed E-state index contributed by atoms with van der Waals surface area (Å²) in [5.74, 6) is 2.26. The van der Waals surface area contributed by atoms with Crippen molar-refractivity contribution < 1.29 is 4.74 Å². The molecule has 6 nitrogen and oxygen atoms in total. The quantitative estimate of drug-likeness (QED) is 0.329. The topological polar surface area (TPSA) is 61.8 Å². The zero-order valence-corrected chi connectivity index (χ0v) is 20.6. The van der Waals surface area contributed by atoms with Crippen molar-refractivity contribution in [2.45, 2.75) is 33.2 Å². The second kappa shape index (κ2) is 12.7. The van der Waals surface area contributed by atoms with Crippen LogP contribution in [0.5, 0.6) is 0 Å². The molecule has 0 spiro atoms. The van der Waals surface area contributed by atoms with Crippen LogP contribution in [-0.4, -0.2) is 50.3 Å². The first-order chi connectivity index (χ1) is 14.2. The number of nitrogens with one attached hydrogen (secondary N) is 2. The average molecular weight is 523 g/mol. The van der Waals surface area contributed by atoms with Gasteiger partial charge in [-0.1, -0.05) is 42.8 Å². The minimum atomic E-state index is 0. The Kier molecular flexibility index (Phi) is 10.4. The number of hydrogen-bond donors (Lipinski definition) is 2. The fraction of sp³-hybridized carbons (Fsp3) is 0.478. The minimum Gasteiger partial charge on any atom is -0.378 e. The van der Waals surface area contributed by atoms with Crippen LogP contribution in [0.1, 0.15) is 36.5 Å². The number of hydrogen-bond acceptors (Lipinski definition) is 4. The first-order valence-electron chi connectivity index (χ1n) is 10.5. The average Bonchev–Trinajstić information content (AvgIpc) is 2.76. The Bertz CT molecular complexity index is 808. The van der Waals surface area contributed by atoms with Crippen molar-refractivity contribution in [2.75, 3.05) is 44.3 Å². The summed E-state index contributed by atoms with van der Waals surface area (Å²) in [6.07, 6.45) is 1.85. The monoisotopic (exact) mass is 523 g/mol. The maximum atomic E-state index is 5.47. The van der Waals surface area contributed by atoms with Gasteiger partial charge < -0.3 is 20.3 Å². The number of aromatic nitrogens is 1. The van der Waals surface area contributed by atoms with Crippen molar-refractivity contribution in [2.24, 2.45) is 4.99 Å². The van der Waals surface area contributed by atoms with Crippen molar-refractivity contribution >= 4 is 35.8 Å². The molecule has 30 heavy (non-hydrogen) atoms. The predicted octanol–water partition coefficient (Wildman–Crippen LogP) is 3.70. The van der Waals surface area contributed by atoms with Crippen LogP contribution < -0.4 is 15.5 Å². The van der Waals surface area contributed by atoms with Gasteiger partial charge in [-0.2, -0.15) is 0 Å². The number of aryl methyl sites for hydroxylation is 1. The molecule has 0 amide bonds. The van der Waals surface area contributed by atoms with E-state index in [2.05, 4.69) is 71.6 Å². The van der Waals surface area contributed by atoms with E-state index in [9.17, 15) is 0 Å². The molecule has 1 aromatic heterocycles. The summed E-state index contributed by atoms with van der Waals surface area (Å²) in [4.78, 5) is 11.7. The molecule has 0 aliphatic carbocycles. The van der Waals surface area contributed by atoms with E-state index in [1.807, 2.05) is 12.3 Å². The summed E-state index contributed by atoms with van der Waals surface area (Å²) >= 11 is 0. The molecule has 1 aromatic carbocycles. The van der Waals surface area contributed by atoms with Crippen molar-refractivity contribution in [3.8, 4) is 0 Å². The third kappa shape index (κ3) is 7.12. The van der Waals surface area contributed by atoms with Crippen molar-refractivity contribution in [1.82, 2.24) is 15.6 Å². The van der Waals surface area contributed by atoms with Gasteiger partial charge in [0.15, 0.2) is 5.96 Å². The van der Waals surface area contributed by atoms with Crippen LogP contribution in [0.15, 0.2) is 47.6 Å². The van der Waals surface area contributed by atoms with E-state index in [1.165, 1.54) is 11.1 Å². The Morgan fingerprint density at radius 1 is 1.20 bits per heavy atom. The molecule has 1 aliphatic rings. The zero-order chi connectivity index (χ0) is 20.5. The lowest BCUT2D eigenvalue weighted by Gasteiger charge is -2.29. The van der Waals surface area contributed by atoms with Crippen LogP contribution in [0.3, 0.4) is 0 Å². The Hall–Kier alpha value is -1.87. The van der Waals surface area contributed by atoms with Gasteiger partial charge in [-0.15, -0.1) is 24.0 Å². The summed E-state index contributed by atoms with van der Waals surface area (Å²) in [6, 6.07) is 12.8. The van der Waals surface area contributed by atoms with E-state index in [0.29, 0.717) is 12.5 Å². The van der Waals surface area contributed by atoms with Crippen molar-refractivity contribution in [1.29, 1.82) is 0 Å². The molecule has 0 bridgehead atoms. The van der Waals surface area contributed by atoms with Crippen molar-refractivity contribution in [3.63, 3.8) is 0 Å². The highest BCUT2D eigenvalue weighted by atomic mass is 127. The molecule has 0 saturated carbocycles. The molecule has 1 atom stereocenters. The lowest BCUT2D eigenvalue weighted by molar-refractivity contribution is 0.122. The molecule has 7 heteroatoms. The largest absolute Gasteiger partial charge is 0.378 e. The van der Waals surface area contributed by atoms with Gasteiger partial charge in [0.25, 0.3) is 0 Å². The van der Waals surface area contributed by atoms with E-state index >= 15 is 0 Å². The van der Waals surface area contributed by atoms with Gasteiger partial charge >= 0.3 is 0 Å². The Morgan fingerprint density at radius 3 is 2.73 bits per heavy atom. The second-order valence-electron chi connectivity index (χ2n) is 7.48. The number of halogens is 1. The molecule has 2 aromatic rings. The van der Waals surface area contributed by atoms with Gasteiger partial charge in [-0.3, -0.25) is 0 Å². The molecule has 1 aliphatic heterocycles. The molecule has 1 saturated heterocycles. The molecule has 0 radical (unpaired) electrons. The van der Waals surface area contributed by atoms with Crippen LogP contribution in [0.25, 0.3) is 0 Å². The third-order valence-electron chi connectivity index (χ3n) is 5.12. The first-order valence-corrected chi connectivity index (χ1v) is 10.5. The number of rotatable bonds is 7. The molecular weight excluding hydrogens is 489 g/mol.